The Morgan fingerprint density at radius 2 is 1.96 bits per heavy atom. The van der Waals surface area contributed by atoms with Crippen LogP contribution in [0.4, 0.5) is 0 Å². The first-order valence-electron chi connectivity index (χ1n) is 8.79. The molecule has 1 aromatic rings. The topological polar surface area (TPSA) is 74.8 Å². The van der Waals surface area contributed by atoms with Crippen LogP contribution < -0.4 is 16.0 Å². The molecule has 0 saturated carbocycles. The fourth-order valence-corrected chi connectivity index (χ4v) is 2.17. The molecule has 0 fully saturated rings. The van der Waals surface area contributed by atoms with Crippen molar-refractivity contribution in [2.45, 2.75) is 46.2 Å². The fourth-order valence-electron chi connectivity index (χ4n) is 2.17. The molecule has 0 aliphatic rings. The van der Waals surface area contributed by atoms with Gasteiger partial charge in [-0.2, -0.15) is 0 Å². The van der Waals surface area contributed by atoms with Crippen molar-refractivity contribution in [3.8, 4) is 0 Å². The molecule has 0 unspecified atom stereocenters. The van der Waals surface area contributed by atoms with Gasteiger partial charge in [0.05, 0.1) is 0 Å². The van der Waals surface area contributed by atoms with E-state index in [4.69, 9.17) is 4.74 Å². The van der Waals surface area contributed by atoms with Crippen LogP contribution in [-0.4, -0.2) is 44.2 Å². The number of aliphatic imine (C=N–C) groups is 1. The summed E-state index contributed by atoms with van der Waals surface area (Å²) in [5.74, 6) is 0.675. The Morgan fingerprint density at radius 1 is 1.23 bits per heavy atom. The normalized spacial score (nSPS) is 11.5. The minimum absolute atomic E-state index is 0. The zero-order valence-corrected chi connectivity index (χ0v) is 18.8. The molecule has 0 heterocycles. The van der Waals surface area contributed by atoms with E-state index in [2.05, 4.69) is 20.9 Å². The second-order valence-corrected chi connectivity index (χ2v) is 6.81. The van der Waals surface area contributed by atoms with Crippen LogP contribution in [0.3, 0.4) is 0 Å². The zero-order chi connectivity index (χ0) is 18.7. The smallest absolute Gasteiger partial charge is 0.251 e. The summed E-state index contributed by atoms with van der Waals surface area (Å²) in [6.45, 7) is 10.8. The maximum Gasteiger partial charge on any atom is 0.251 e. The highest BCUT2D eigenvalue weighted by Gasteiger charge is 2.15. The van der Waals surface area contributed by atoms with E-state index in [-0.39, 0.29) is 35.4 Å². The molecule has 1 aromatic carbocycles. The van der Waals surface area contributed by atoms with E-state index in [1.54, 1.807) is 7.05 Å². The maximum atomic E-state index is 12.3. The van der Waals surface area contributed by atoms with Crippen LogP contribution in [0.25, 0.3) is 0 Å². The molecule has 0 spiro atoms. The summed E-state index contributed by atoms with van der Waals surface area (Å²) in [6.07, 6.45) is 0.928. The Hall–Kier alpha value is -1.35. The van der Waals surface area contributed by atoms with Gasteiger partial charge in [0, 0.05) is 44.5 Å². The van der Waals surface area contributed by atoms with Gasteiger partial charge in [-0.05, 0) is 51.8 Å². The molecule has 0 radical (unpaired) electrons. The summed E-state index contributed by atoms with van der Waals surface area (Å²) in [7, 11) is 1.74. The Kier molecular flexibility index (Phi) is 12.2. The third-order valence-corrected chi connectivity index (χ3v) is 3.32. The first-order chi connectivity index (χ1) is 11.9. The number of hydrogen-bond donors (Lipinski definition) is 3. The first-order valence-corrected chi connectivity index (χ1v) is 8.79. The van der Waals surface area contributed by atoms with Crippen molar-refractivity contribution in [3.63, 3.8) is 0 Å². The van der Waals surface area contributed by atoms with Gasteiger partial charge in [0.25, 0.3) is 5.91 Å². The fraction of sp³-hybridized carbons (Fsp3) is 0.579. The highest BCUT2D eigenvalue weighted by atomic mass is 127. The van der Waals surface area contributed by atoms with E-state index in [1.165, 1.54) is 0 Å². The molecule has 26 heavy (non-hydrogen) atoms. The van der Waals surface area contributed by atoms with Crippen molar-refractivity contribution >= 4 is 35.8 Å². The van der Waals surface area contributed by atoms with Gasteiger partial charge >= 0.3 is 0 Å². The molecule has 0 bridgehead atoms. The van der Waals surface area contributed by atoms with E-state index < -0.39 is 0 Å². The monoisotopic (exact) mass is 476 g/mol. The Morgan fingerprint density at radius 3 is 2.58 bits per heavy atom. The van der Waals surface area contributed by atoms with Crippen molar-refractivity contribution in [1.82, 2.24) is 16.0 Å². The lowest BCUT2D eigenvalue weighted by molar-refractivity contribution is 0.0919. The SMILES string of the molecule is CCOCCCNC(=NC)NCc1cccc(C(=O)NC(C)(C)C)c1.I. The number of nitrogens with zero attached hydrogens (tertiary/aromatic N) is 1. The van der Waals surface area contributed by atoms with Gasteiger partial charge in [0.1, 0.15) is 0 Å². The molecule has 148 valence electrons. The molecule has 0 aliphatic heterocycles. The second kappa shape index (κ2) is 12.9. The third kappa shape index (κ3) is 10.6. The molecule has 6 nitrogen and oxygen atoms in total. The third-order valence-electron chi connectivity index (χ3n) is 3.32. The Labute approximate surface area is 174 Å². The van der Waals surface area contributed by atoms with Crippen LogP contribution in [0, 0.1) is 0 Å². The lowest BCUT2D eigenvalue weighted by Crippen LogP contribution is -2.40. The number of benzene rings is 1. The van der Waals surface area contributed by atoms with Crippen LogP contribution in [0.15, 0.2) is 29.3 Å². The predicted octanol–water partition coefficient (Wildman–Crippen LogP) is 2.92. The molecule has 1 rings (SSSR count). The van der Waals surface area contributed by atoms with Crippen molar-refractivity contribution in [2.24, 2.45) is 4.99 Å². The van der Waals surface area contributed by atoms with Crippen LogP contribution in [0.5, 0.6) is 0 Å². The van der Waals surface area contributed by atoms with Crippen molar-refractivity contribution in [1.29, 1.82) is 0 Å². The number of carbonyl (C=O) groups is 1. The van der Waals surface area contributed by atoms with E-state index in [9.17, 15) is 4.79 Å². The molecule has 0 aromatic heterocycles. The molecule has 1 amide bonds. The van der Waals surface area contributed by atoms with Gasteiger partial charge in [-0.1, -0.05) is 12.1 Å². The van der Waals surface area contributed by atoms with Crippen LogP contribution in [-0.2, 0) is 11.3 Å². The summed E-state index contributed by atoms with van der Waals surface area (Å²) < 4.78 is 5.31. The minimum atomic E-state index is -0.251. The van der Waals surface area contributed by atoms with Gasteiger partial charge in [-0.15, -0.1) is 24.0 Å². The molecule has 3 N–H and O–H groups in total. The van der Waals surface area contributed by atoms with Gasteiger partial charge in [0.2, 0.25) is 0 Å². The van der Waals surface area contributed by atoms with Crippen molar-refractivity contribution in [2.75, 3.05) is 26.8 Å². The van der Waals surface area contributed by atoms with E-state index in [0.717, 1.165) is 37.7 Å². The van der Waals surface area contributed by atoms with Crippen molar-refractivity contribution in [3.05, 3.63) is 35.4 Å². The summed E-state index contributed by atoms with van der Waals surface area (Å²) in [5, 5.41) is 9.48. The van der Waals surface area contributed by atoms with Gasteiger partial charge < -0.3 is 20.7 Å². The van der Waals surface area contributed by atoms with E-state index >= 15 is 0 Å². The molecular formula is C19H33IN4O2. The molecule has 0 atom stereocenters. The average Bonchev–Trinajstić information content (AvgIpc) is 2.56. The number of ether oxygens (including phenoxy) is 1. The average molecular weight is 476 g/mol. The van der Waals surface area contributed by atoms with Gasteiger partial charge in [0.15, 0.2) is 5.96 Å². The number of rotatable bonds is 8. The highest BCUT2D eigenvalue weighted by molar-refractivity contribution is 14.0. The van der Waals surface area contributed by atoms with Crippen LogP contribution in [0.1, 0.15) is 50.0 Å². The molecular weight excluding hydrogens is 443 g/mol. The lowest BCUT2D eigenvalue weighted by atomic mass is 10.1. The quantitative estimate of drug-likeness (QED) is 0.234. The number of hydrogen-bond acceptors (Lipinski definition) is 3. The lowest BCUT2D eigenvalue weighted by Gasteiger charge is -2.20. The molecule has 0 aliphatic carbocycles. The second-order valence-electron chi connectivity index (χ2n) is 6.81. The predicted molar refractivity (Wildman–Crippen MR) is 118 cm³/mol. The number of amides is 1. The summed E-state index contributed by atoms with van der Waals surface area (Å²) in [6, 6.07) is 7.61. The Balaban J connectivity index is 0.00000625. The number of carbonyl (C=O) groups excluding carboxylic acids is 1. The number of halogens is 1. The molecule has 0 saturated heterocycles. The largest absolute Gasteiger partial charge is 0.382 e. The maximum absolute atomic E-state index is 12.3. The van der Waals surface area contributed by atoms with Crippen molar-refractivity contribution < 1.29 is 9.53 Å². The van der Waals surface area contributed by atoms with Crippen LogP contribution in [0.2, 0.25) is 0 Å². The summed E-state index contributed by atoms with van der Waals surface area (Å²) >= 11 is 0. The van der Waals surface area contributed by atoms with Gasteiger partial charge in [-0.3, -0.25) is 9.79 Å². The number of nitrogens with one attached hydrogen (secondary N) is 3. The standard InChI is InChI=1S/C19H32N4O2.HI/c1-6-25-12-8-11-21-18(20-5)22-14-15-9-7-10-16(13-15)17(24)23-19(2,3)4;/h7,9-10,13H,6,8,11-12,14H2,1-5H3,(H,23,24)(H2,20,21,22);1H. The van der Waals surface area contributed by atoms with E-state index in [0.29, 0.717) is 12.1 Å². The highest BCUT2D eigenvalue weighted by Crippen LogP contribution is 2.08. The summed E-state index contributed by atoms with van der Waals surface area (Å²) in [4.78, 5) is 16.5. The van der Waals surface area contributed by atoms with Gasteiger partial charge in [-0.25, -0.2) is 0 Å². The van der Waals surface area contributed by atoms with Crippen LogP contribution >= 0.6 is 24.0 Å². The first kappa shape index (κ1) is 24.7. The zero-order valence-electron chi connectivity index (χ0n) is 16.5. The number of guanidine groups is 1. The van der Waals surface area contributed by atoms with E-state index in [1.807, 2.05) is 52.0 Å². The summed E-state index contributed by atoms with van der Waals surface area (Å²) in [5.41, 5.74) is 1.44. The minimum Gasteiger partial charge on any atom is -0.382 e. The Bertz CT molecular complexity index is 571. The molecule has 7 heteroatoms.